The van der Waals surface area contributed by atoms with Crippen LogP contribution in [0.15, 0.2) is 17.0 Å². The predicted octanol–water partition coefficient (Wildman–Crippen LogP) is 3.19. The molecule has 14 heavy (non-hydrogen) atoms. The third-order valence-electron chi connectivity index (χ3n) is 2.89. The normalized spacial score (nSPS) is 26.0. The molecule has 1 aliphatic heterocycles. The van der Waals surface area contributed by atoms with E-state index in [0.29, 0.717) is 5.25 Å². The summed E-state index contributed by atoms with van der Waals surface area (Å²) in [6, 6.07) is 4.62. The van der Waals surface area contributed by atoms with Crippen molar-refractivity contribution in [1.82, 2.24) is 0 Å². The van der Waals surface area contributed by atoms with Gasteiger partial charge < -0.3 is 5.73 Å². The molecule has 2 heteroatoms. The zero-order chi connectivity index (χ0) is 10.3. The van der Waals surface area contributed by atoms with E-state index < -0.39 is 0 Å². The SMILES string of the molecule is Cc1ccc(C)c2c1SC(C)CC2N. The summed E-state index contributed by atoms with van der Waals surface area (Å²) in [4.78, 5) is 1.43. The Morgan fingerprint density at radius 1 is 1.29 bits per heavy atom. The Kier molecular flexibility index (Phi) is 2.58. The maximum Gasteiger partial charge on any atom is 0.0319 e. The Hall–Kier alpha value is -0.470. The smallest absolute Gasteiger partial charge is 0.0319 e. The van der Waals surface area contributed by atoms with Gasteiger partial charge in [0, 0.05) is 16.2 Å². The Balaban J connectivity index is 2.57. The van der Waals surface area contributed by atoms with Gasteiger partial charge in [-0.2, -0.15) is 0 Å². The Labute approximate surface area is 90.1 Å². The van der Waals surface area contributed by atoms with Crippen molar-refractivity contribution in [2.45, 2.75) is 43.4 Å². The number of hydrogen-bond acceptors (Lipinski definition) is 2. The molecule has 0 spiro atoms. The highest BCUT2D eigenvalue weighted by Gasteiger charge is 2.24. The Bertz CT molecular complexity index is 360. The van der Waals surface area contributed by atoms with Crippen LogP contribution in [0.4, 0.5) is 0 Å². The highest BCUT2D eigenvalue weighted by Crippen LogP contribution is 2.42. The summed E-state index contributed by atoms with van der Waals surface area (Å²) in [6.07, 6.45) is 1.10. The van der Waals surface area contributed by atoms with Crippen molar-refractivity contribution in [2.75, 3.05) is 0 Å². The van der Waals surface area contributed by atoms with Crippen molar-refractivity contribution >= 4 is 11.8 Å². The molecule has 0 aliphatic carbocycles. The summed E-state index contributed by atoms with van der Waals surface area (Å²) in [6.45, 7) is 6.60. The van der Waals surface area contributed by atoms with E-state index in [2.05, 4.69) is 32.9 Å². The van der Waals surface area contributed by atoms with Gasteiger partial charge in [0.1, 0.15) is 0 Å². The van der Waals surface area contributed by atoms with Crippen LogP contribution in [-0.4, -0.2) is 5.25 Å². The fourth-order valence-corrected chi connectivity index (χ4v) is 3.55. The molecule has 1 nitrogen and oxygen atoms in total. The van der Waals surface area contributed by atoms with E-state index in [4.69, 9.17) is 5.73 Å². The fourth-order valence-electron chi connectivity index (χ4n) is 2.15. The molecule has 0 bridgehead atoms. The van der Waals surface area contributed by atoms with Crippen molar-refractivity contribution in [3.8, 4) is 0 Å². The molecule has 2 rings (SSSR count). The lowest BCUT2D eigenvalue weighted by Gasteiger charge is -2.29. The molecule has 2 atom stereocenters. The molecule has 1 heterocycles. The Morgan fingerprint density at radius 3 is 2.64 bits per heavy atom. The van der Waals surface area contributed by atoms with Crippen LogP contribution in [0.5, 0.6) is 0 Å². The average molecular weight is 207 g/mol. The van der Waals surface area contributed by atoms with Crippen LogP contribution in [-0.2, 0) is 0 Å². The topological polar surface area (TPSA) is 26.0 Å². The zero-order valence-corrected chi connectivity index (χ0v) is 9.82. The lowest BCUT2D eigenvalue weighted by Crippen LogP contribution is -2.22. The first-order valence-electron chi connectivity index (χ1n) is 5.12. The summed E-state index contributed by atoms with van der Waals surface area (Å²) >= 11 is 1.98. The summed E-state index contributed by atoms with van der Waals surface area (Å²) < 4.78 is 0. The highest BCUT2D eigenvalue weighted by atomic mass is 32.2. The van der Waals surface area contributed by atoms with Crippen LogP contribution >= 0.6 is 11.8 Å². The van der Waals surface area contributed by atoms with Crippen LogP contribution in [0.25, 0.3) is 0 Å². The molecule has 2 N–H and O–H groups in total. The molecule has 0 fully saturated rings. The van der Waals surface area contributed by atoms with Crippen molar-refractivity contribution in [3.63, 3.8) is 0 Å². The first-order chi connectivity index (χ1) is 6.59. The third-order valence-corrected chi connectivity index (χ3v) is 4.26. The molecular weight excluding hydrogens is 190 g/mol. The van der Waals surface area contributed by atoms with E-state index in [1.54, 1.807) is 0 Å². The van der Waals surface area contributed by atoms with Gasteiger partial charge in [-0.3, -0.25) is 0 Å². The molecule has 0 saturated carbocycles. The zero-order valence-electron chi connectivity index (χ0n) is 9.00. The van der Waals surface area contributed by atoms with E-state index in [1.165, 1.54) is 21.6 Å². The molecule has 0 radical (unpaired) electrons. The monoisotopic (exact) mass is 207 g/mol. The van der Waals surface area contributed by atoms with Gasteiger partial charge in [0.25, 0.3) is 0 Å². The van der Waals surface area contributed by atoms with Gasteiger partial charge in [0.05, 0.1) is 0 Å². The lowest BCUT2D eigenvalue weighted by molar-refractivity contribution is 0.619. The number of aryl methyl sites for hydroxylation is 2. The fraction of sp³-hybridized carbons (Fsp3) is 0.500. The second kappa shape index (κ2) is 3.59. The third kappa shape index (κ3) is 1.57. The minimum atomic E-state index is 0.237. The first kappa shape index (κ1) is 10.1. The van der Waals surface area contributed by atoms with Crippen molar-refractivity contribution in [1.29, 1.82) is 0 Å². The van der Waals surface area contributed by atoms with Gasteiger partial charge in [-0.1, -0.05) is 19.1 Å². The van der Waals surface area contributed by atoms with E-state index in [-0.39, 0.29) is 6.04 Å². The largest absolute Gasteiger partial charge is 0.324 e. The summed E-state index contributed by atoms with van der Waals surface area (Å²) in [5, 5.41) is 0.651. The number of nitrogens with two attached hydrogens (primary N) is 1. The molecule has 2 unspecified atom stereocenters. The highest BCUT2D eigenvalue weighted by molar-refractivity contribution is 8.00. The van der Waals surface area contributed by atoms with Gasteiger partial charge in [0.2, 0.25) is 0 Å². The second-order valence-electron chi connectivity index (χ2n) is 4.21. The van der Waals surface area contributed by atoms with Crippen LogP contribution in [0, 0.1) is 13.8 Å². The minimum absolute atomic E-state index is 0.237. The van der Waals surface area contributed by atoms with E-state index in [9.17, 15) is 0 Å². The van der Waals surface area contributed by atoms with Crippen molar-refractivity contribution in [2.24, 2.45) is 5.73 Å². The van der Waals surface area contributed by atoms with Gasteiger partial charge in [0.15, 0.2) is 0 Å². The molecule has 0 saturated heterocycles. The van der Waals surface area contributed by atoms with E-state index >= 15 is 0 Å². The molecular formula is C12H17NS. The number of rotatable bonds is 0. The lowest BCUT2D eigenvalue weighted by atomic mass is 9.95. The minimum Gasteiger partial charge on any atom is -0.324 e. The first-order valence-corrected chi connectivity index (χ1v) is 6.00. The number of hydrogen-bond donors (Lipinski definition) is 1. The molecule has 1 aromatic carbocycles. The number of fused-ring (bicyclic) bond motifs is 1. The molecule has 0 aromatic heterocycles. The Morgan fingerprint density at radius 2 is 1.93 bits per heavy atom. The quantitative estimate of drug-likeness (QED) is 0.707. The van der Waals surface area contributed by atoms with Gasteiger partial charge in [-0.25, -0.2) is 0 Å². The molecule has 0 amide bonds. The second-order valence-corrected chi connectivity index (χ2v) is 5.66. The summed E-state index contributed by atoms with van der Waals surface area (Å²) in [5.41, 5.74) is 10.3. The van der Waals surface area contributed by atoms with Crippen molar-refractivity contribution in [3.05, 3.63) is 28.8 Å². The molecule has 1 aromatic rings. The van der Waals surface area contributed by atoms with E-state index in [0.717, 1.165) is 6.42 Å². The van der Waals surface area contributed by atoms with Crippen LogP contribution in [0.3, 0.4) is 0 Å². The maximum atomic E-state index is 6.19. The van der Waals surface area contributed by atoms with E-state index in [1.807, 2.05) is 11.8 Å². The number of thioether (sulfide) groups is 1. The summed E-state index contributed by atoms with van der Waals surface area (Å²) in [7, 11) is 0. The summed E-state index contributed by atoms with van der Waals surface area (Å²) in [5.74, 6) is 0. The standard InChI is InChI=1S/C12H17NS/c1-7-4-5-8(2)12-11(7)10(13)6-9(3)14-12/h4-5,9-10H,6,13H2,1-3H3. The van der Waals surface area contributed by atoms with Gasteiger partial charge >= 0.3 is 0 Å². The van der Waals surface area contributed by atoms with Gasteiger partial charge in [-0.15, -0.1) is 11.8 Å². The molecule has 76 valence electrons. The van der Waals surface area contributed by atoms with Crippen LogP contribution in [0.2, 0.25) is 0 Å². The van der Waals surface area contributed by atoms with Gasteiger partial charge in [-0.05, 0) is 37.0 Å². The average Bonchev–Trinajstić information content (AvgIpc) is 2.10. The predicted molar refractivity (Wildman–Crippen MR) is 62.8 cm³/mol. The van der Waals surface area contributed by atoms with Crippen molar-refractivity contribution < 1.29 is 0 Å². The molecule has 1 aliphatic rings. The van der Waals surface area contributed by atoms with Crippen LogP contribution < -0.4 is 5.73 Å². The number of benzene rings is 1. The maximum absolute atomic E-state index is 6.19. The van der Waals surface area contributed by atoms with Crippen LogP contribution in [0.1, 0.15) is 36.1 Å².